The molecule has 1 aromatic rings. The first-order chi connectivity index (χ1) is 9.95. The van der Waals surface area contributed by atoms with E-state index >= 15 is 0 Å². The molecule has 0 bridgehead atoms. The monoisotopic (exact) mass is 314 g/mol. The van der Waals surface area contributed by atoms with Crippen LogP contribution < -0.4 is 4.74 Å². The van der Waals surface area contributed by atoms with Gasteiger partial charge in [-0.3, -0.25) is 14.7 Å². The van der Waals surface area contributed by atoms with E-state index in [9.17, 15) is 14.7 Å². The zero-order chi connectivity index (χ0) is 15.9. The standard InChI is InChI=1S/C12H15N2O6P/c1-3-19-21(17,20-4-2)9-18-12-7-11(14(15)16)6-5-10(12)8-13/h5-7H,3-4,9H2,1-2H3. The van der Waals surface area contributed by atoms with Crippen LogP contribution in [0.3, 0.4) is 0 Å². The highest BCUT2D eigenvalue weighted by atomic mass is 31.2. The van der Waals surface area contributed by atoms with Crippen molar-refractivity contribution in [2.75, 3.05) is 19.6 Å². The Balaban J connectivity index is 2.96. The number of ether oxygens (including phenoxy) is 1. The Morgan fingerprint density at radius 1 is 1.33 bits per heavy atom. The fourth-order valence-electron chi connectivity index (χ4n) is 1.49. The van der Waals surface area contributed by atoms with E-state index in [0.29, 0.717) is 0 Å². The van der Waals surface area contributed by atoms with Crippen molar-refractivity contribution in [1.82, 2.24) is 0 Å². The first-order valence-corrected chi connectivity index (χ1v) is 7.88. The van der Waals surface area contributed by atoms with Gasteiger partial charge < -0.3 is 13.8 Å². The second-order valence-electron chi connectivity index (χ2n) is 3.77. The molecule has 0 N–H and O–H groups in total. The summed E-state index contributed by atoms with van der Waals surface area (Å²) >= 11 is 0. The van der Waals surface area contributed by atoms with Crippen LogP contribution in [-0.2, 0) is 13.6 Å². The molecule has 8 nitrogen and oxygen atoms in total. The molecule has 0 fully saturated rings. The van der Waals surface area contributed by atoms with Crippen molar-refractivity contribution in [2.45, 2.75) is 13.8 Å². The molecular weight excluding hydrogens is 299 g/mol. The molecule has 0 aromatic heterocycles. The molecule has 0 amide bonds. The topological polar surface area (TPSA) is 112 Å². The van der Waals surface area contributed by atoms with Crippen LogP contribution in [0.5, 0.6) is 5.75 Å². The van der Waals surface area contributed by atoms with E-state index in [4.69, 9.17) is 19.0 Å². The van der Waals surface area contributed by atoms with Gasteiger partial charge in [-0.25, -0.2) is 0 Å². The van der Waals surface area contributed by atoms with Crippen LogP contribution in [0.2, 0.25) is 0 Å². The summed E-state index contributed by atoms with van der Waals surface area (Å²) in [5.41, 5.74) is -0.133. The van der Waals surface area contributed by atoms with Gasteiger partial charge in [-0.2, -0.15) is 5.26 Å². The third kappa shape index (κ3) is 4.83. The van der Waals surface area contributed by atoms with Crippen LogP contribution >= 0.6 is 7.60 Å². The number of hydrogen-bond acceptors (Lipinski definition) is 7. The van der Waals surface area contributed by atoms with Gasteiger partial charge in [-0.1, -0.05) is 0 Å². The van der Waals surface area contributed by atoms with E-state index in [2.05, 4.69) is 0 Å². The van der Waals surface area contributed by atoms with Crippen LogP contribution in [0.25, 0.3) is 0 Å². The molecule has 0 aliphatic carbocycles. The highest BCUT2D eigenvalue weighted by Crippen LogP contribution is 2.48. The van der Waals surface area contributed by atoms with Crippen molar-refractivity contribution >= 4 is 13.3 Å². The van der Waals surface area contributed by atoms with Crippen molar-refractivity contribution in [1.29, 1.82) is 5.26 Å². The average molecular weight is 314 g/mol. The molecule has 1 rings (SSSR count). The Morgan fingerprint density at radius 2 is 1.95 bits per heavy atom. The molecule has 21 heavy (non-hydrogen) atoms. The van der Waals surface area contributed by atoms with Crippen molar-refractivity contribution in [2.24, 2.45) is 0 Å². The summed E-state index contributed by atoms with van der Waals surface area (Å²) < 4.78 is 27.5. The van der Waals surface area contributed by atoms with Crippen molar-refractivity contribution in [3.05, 3.63) is 33.9 Å². The lowest BCUT2D eigenvalue weighted by Crippen LogP contribution is -2.06. The lowest BCUT2D eigenvalue weighted by molar-refractivity contribution is -0.384. The minimum absolute atomic E-state index is 0.0358. The highest BCUT2D eigenvalue weighted by Gasteiger charge is 2.25. The summed E-state index contributed by atoms with van der Waals surface area (Å²) in [6, 6.07) is 5.40. The number of nitrogens with zero attached hydrogens (tertiary/aromatic N) is 2. The van der Waals surface area contributed by atoms with Gasteiger partial charge in [-0.05, 0) is 19.9 Å². The summed E-state index contributed by atoms with van der Waals surface area (Å²) in [5.74, 6) is -0.0358. The number of nitro benzene ring substituents is 1. The Hall–Kier alpha value is -1.94. The van der Waals surface area contributed by atoms with Crippen LogP contribution in [0, 0.1) is 21.4 Å². The van der Waals surface area contributed by atoms with Crippen LogP contribution in [0.4, 0.5) is 5.69 Å². The van der Waals surface area contributed by atoms with Crippen molar-refractivity contribution < 1.29 is 23.3 Å². The number of rotatable bonds is 8. The zero-order valence-corrected chi connectivity index (χ0v) is 12.5. The largest absolute Gasteiger partial charge is 0.479 e. The SMILES string of the molecule is CCOP(=O)(COc1cc([N+](=O)[O-])ccc1C#N)OCC. The third-order valence-electron chi connectivity index (χ3n) is 2.33. The molecule has 1 aromatic carbocycles. The van der Waals surface area contributed by atoms with E-state index in [-0.39, 0.29) is 30.2 Å². The molecule has 0 aliphatic rings. The molecule has 0 aliphatic heterocycles. The Bertz CT molecular complexity index is 588. The minimum Gasteiger partial charge on any atom is -0.479 e. The van der Waals surface area contributed by atoms with E-state index in [1.807, 2.05) is 6.07 Å². The van der Waals surface area contributed by atoms with Gasteiger partial charge in [0.05, 0.1) is 29.8 Å². The summed E-state index contributed by atoms with van der Waals surface area (Å²) in [6.07, 6.45) is -0.426. The summed E-state index contributed by atoms with van der Waals surface area (Å²) in [6.45, 7) is 3.64. The van der Waals surface area contributed by atoms with Crippen LogP contribution in [0.15, 0.2) is 18.2 Å². The molecule has 0 atom stereocenters. The summed E-state index contributed by atoms with van der Waals surface area (Å²) in [7, 11) is -3.46. The first-order valence-electron chi connectivity index (χ1n) is 6.15. The highest BCUT2D eigenvalue weighted by molar-refractivity contribution is 7.53. The lowest BCUT2D eigenvalue weighted by Gasteiger charge is -2.17. The first kappa shape index (κ1) is 17.1. The predicted octanol–water partition coefficient (Wildman–Crippen LogP) is 3.07. The Labute approximate surface area is 121 Å². The summed E-state index contributed by atoms with van der Waals surface area (Å²) in [5, 5.41) is 19.7. The number of nitro groups is 1. The fourth-order valence-corrected chi connectivity index (χ4v) is 2.80. The second kappa shape index (κ2) is 7.74. The van der Waals surface area contributed by atoms with Gasteiger partial charge in [0, 0.05) is 6.07 Å². The lowest BCUT2D eigenvalue weighted by atomic mass is 10.2. The number of hydrogen-bond donors (Lipinski definition) is 0. The van der Waals surface area contributed by atoms with Gasteiger partial charge >= 0.3 is 7.60 Å². The van der Waals surface area contributed by atoms with E-state index < -0.39 is 18.9 Å². The molecule has 0 radical (unpaired) electrons. The Morgan fingerprint density at radius 3 is 2.43 bits per heavy atom. The molecule has 0 heterocycles. The van der Waals surface area contributed by atoms with Gasteiger partial charge in [0.15, 0.2) is 6.35 Å². The van der Waals surface area contributed by atoms with Gasteiger partial charge in [0.1, 0.15) is 11.8 Å². The van der Waals surface area contributed by atoms with Crippen LogP contribution in [0.1, 0.15) is 19.4 Å². The number of nitriles is 1. The van der Waals surface area contributed by atoms with E-state index in [1.165, 1.54) is 12.1 Å². The average Bonchev–Trinajstić information content (AvgIpc) is 2.45. The van der Waals surface area contributed by atoms with Gasteiger partial charge in [-0.15, -0.1) is 0 Å². The molecule has 9 heteroatoms. The summed E-state index contributed by atoms with van der Waals surface area (Å²) in [4.78, 5) is 10.1. The minimum atomic E-state index is -3.46. The molecule has 114 valence electrons. The maximum atomic E-state index is 12.2. The maximum Gasteiger partial charge on any atom is 0.367 e. The maximum absolute atomic E-state index is 12.2. The van der Waals surface area contributed by atoms with Gasteiger partial charge in [0.25, 0.3) is 5.69 Å². The quantitative estimate of drug-likeness (QED) is 0.411. The third-order valence-corrected chi connectivity index (χ3v) is 4.07. The number of non-ortho nitro benzene ring substituents is 1. The van der Waals surface area contributed by atoms with Gasteiger partial charge in [0.2, 0.25) is 0 Å². The Kier molecular flexibility index (Phi) is 6.31. The molecule has 0 saturated heterocycles. The molecular formula is C12H15N2O6P. The molecule has 0 spiro atoms. The second-order valence-corrected chi connectivity index (χ2v) is 5.77. The van der Waals surface area contributed by atoms with Crippen molar-refractivity contribution in [3.63, 3.8) is 0 Å². The van der Waals surface area contributed by atoms with Crippen LogP contribution in [-0.4, -0.2) is 24.5 Å². The smallest absolute Gasteiger partial charge is 0.367 e. The normalized spacial score (nSPS) is 10.9. The predicted molar refractivity (Wildman–Crippen MR) is 74.2 cm³/mol. The molecule has 0 unspecified atom stereocenters. The number of benzene rings is 1. The van der Waals surface area contributed by atoms with Crippen molar-refractivity contribution in [3.8, 4) is 11.8 Å². The van der Waals surface area contributed by atoms with E-state index in [0.717, 1.165) is 6.07 Å². The van der Waals surface area contributed by atoms with E-state index in [1.54, 1.807) is 13.8 Å². The molecule has 0 saturated carbocycles. The fraction of sp³-hybridized carbons (Fsp3) is 0.417. The zero-order valence-electron chi connectivity index (χ0n) is 11.6.